The van der Waals surface area contributed by atoms with Gasteiger partial charge in [-0.25, -0.2) is 4.79 Å². The lowest BCUT2D eigenvalue weighted by Crippen LogP contribution is -2.30. The van der Waals surface area contributed by atoms with Crippen LogP contribution in [-0.2, 0) is 0 Å². The maximum Gasteiger partial charge on any atom is 0.335 e. The molecule has 1 fully saturated rings. The minimum absolute atomic E-state index is 0.209. The van der Waals surface area contributed by atoms with Gasteiger partial charge in [-0.1, -0.05) is 12.8 Å². The summed E-state index contributed by atoms with van der Waals surface area (Å²) in [5.41, 5.74) is 0.209. The molecular weight excluding hydrogens is 312 g/mol. The first-order chi connectivity index (χ1) is 9.08. The topological polar surface area (TPSA) is 66.8 Å². The van der Waals surface area contributed by atoms with E-state index in [9.17, 15) is 9.90 Å². The van der Waals surface area contributed by atoms with E-state index in [-0.39, 0.29) is 11.7 Å². The first-order valence-electron chi connectivity index (χ1n) is 6.45. The molecule has 0 radical (unpaired) electrons. The van der Waals surface area contributed by atoms with Gasteiger partial charge in [-0.2, -0.15) is 0 Å². The summed E-state index contributed by atoms with van der Waals surface area (Å²) in [6.45, 7) is 0. The van der Waals surface area contributed by atoms with Crippen molar-refractivity contribution >= 4 is 21.9 Å². The first-order valence-corrected chi connectivity index (χ1v) is 7.25. The van der Waals surface area contributed by atoms with Crippen molar-refractivity contribution in [3.05, 3.63) is 28.2 Å². The van der Waals surface area contributed by atoms with Crippen LogP contribution in [0.4, 0.5) is 0 Å². The normalized spacial score (nSPS) is 23.7. The van der Waals surface area contributed by atoms with Crippen molar-refractivity contribution in [3.8, 4) is 5.75 Å². The second-order valence-electron chi connectivity index (χ2n) is 4.81. The molecule has 1 aromatic rings. The van der Waals surface area contributed by atoms with Crippen molar-refractivity contribution in [2.24, 2.45) is 0 Å². The third-order valence-corrected chi connectivity index (χ3v) is 3.99. The average Bonchev–Trinajstić information content (AvgIpc) is 2.57. The lowest BCUT2D eigenvalue weighted by atomic mass is 10.1. The highest BCUT2D eigenvalue weighted by Crippen LogP contribution is 2.30. The Morgan fingerprint density at radius 2 is 2.00 bits per heavy atom. The Morgan fingerprint density at radius 1 is 1.26 bits per heavy atom. The molecule has 2 atom stereocenters. The number of benzene rings is 1. The molecule has 104 valence electrons. The van der Waals surface area contributed by atoms with Crippen LogP contribution in [0.5, 0.6) is 5.75 Å². The summed E-state index contributed by atoms with van der Waals surface area (Å²) >= 11 is 3.31. The molecule has 1 aliphatic carbocycles. The van der Waals surface area contributed by atoms with E-state index < -0.39 is 12.1 Å². The quantitative estimate of drug-likeness (QED) is 0.836. The van der Waals surface area contributed by atoms with Gasteiger partial charge in [0.2, 0.25) is 0 Å². The van der Waals surface area contributed by atoms with Gasteiger partial charge in [-0.3, -0.25) is 0 Å². The summed E-state index contributed by atoms with van der Waals surface area (Å²) in [6.07, 6.45) is 4.12. The van der Waals surface area contributed by atoms with Crippen molar-refractivity contribution in [1.29, 1.82) is 0 Å². The largest absolute Gasteiger partial charge is 0.487 e. The lowest BCUT2D eigenvalue weighted by Gasteiger charge is -2.22. The first kappa shape index (κ1) is 14.3. The van der Waals surface area contributed by atoms with Gasteiger partial charge in [-0.15, -0.1) is 0 Å². The maximum absolute atomic E-state index is 10.9. The lowest BCUT2D eigenvalue weighted by molar-refractivity contribution is 0.0315. The molecular formula is C14H17BrO4. The van der Waals surface area contributed by atoms with Crippen molar-refractivity contribution in [3.63, 3.8) is 0 Å². The monoisotopic (exact) mass is 328 g/mol. The van der Waals surface area contributed by atoms with Gasteiger partial charge in [0, 0.05) is 0 Å². The highest BCUT2D eigenvalue weighted by atomic mass is 79.9. The smallest absolute Gasteiger partial charge is 0.335 e. The van der Waals surface area contributed by atoms with Gasteiger partial charge in [0.05, 0.1) is 16.1 Å². The van der Waals surface area contributed by atoms with Crippen molar-refractivity contribution < 1.29 is 19.7 Å². The predicted octanol–water partition coefficient (Wildman–Crippen LogP) is 3.22. The standard InChI is InChI=1S/C14H17BrO4/c15-10-8-9(14(17)18)6-7-12(10)19-13-5-3-1-2-4-11(13)16/h6-8,11,13,16H,1-5H2,(H,17,18). The molecule has 0 aliphatic heterocycles. The molecule has 0 spiro atoms. The predicted molar refractivity (Wildman–Crippen MR) is 74.6 cm³/mol. The fraction of sp³-hybridized carbons (Fsp3) is 0.500. The molecule has 5 heteroatoms. The Kier molecular flexibility index (Phi) is 4.82. The molecule has 0 saturated heterocycles. The molecule has 1 aromatic carbocycles. The zero-order chi connectivity index (χ0) is 13.8. The molecule has 2 unspecified atom stereocenters. The number of aliphatic hydroxyl groups excluding tert-OH is 1. The van der Waals surface area contributed by atoms with E-state index in [0.717, 1.165) is 32.1 Å². The second kappa shape index (κ2) is 6.39. The molecule has 0 bridgehead atoms. The minimum atomic E-state index is -0.971. The number of carboxylic acids is 1. The summed E-state index contributed by atoms with van der Waals surface area (Å²) in [6, 6.07) is 4.65. The van der Waals surface area contributed by atoms with Crippen LogP contribution in [-0.4, -0.2) is 28.4 Å². The number of hydrogen-bond donors (Lipinski definition) is 2. The van der Waals surface area contributed by atoms with Gasteiger partial charge in [-0.05, 0) is 53.4 Å². The molecule has 2 N–H and O–H groups in total. The summed E-state index contributed by atoms with van der Waals surface area (Å²) < 4.78 is 6.42. The highest BCUT2D eigenvalue weighted by molar-refractivity contribution is 9.10. The van der Waals surface area contributed by atoms with E-state index in [1.54, 1.807) is 6.07 Å². The van der Waals surface area contributed by atoms with Gasteiger partial charge >= 0.3 is 5.97 Å². The number of aromatic carboxylic acids is 1. The van der Waals surface area contributed by atoms with Crippen molar-refractivity contribution in [2.75, 3.05) is 0 Å². The summed E-state index contributed by atoms with van der Waals surface area (Å²) in [4.78, 5) is 10.9. The zero-order valence-corrected chi connectivity index (χ0v) is 12.1. The number of hydrogen-bond acceptors (Lipinski definition) is 3. The van der Waals surface area contributed by atoms with E-state index >= 15 is 0 Å². The molecule has 0 aromatic heterocycles. The SMILES string of the molecule is O=C(O)c1ccc(OC2CCCCCC2O)c(Br)c1. The van der Waals surface area contributed by atoms with Crippen LogP contribution in [0, 0.1) is 0 Å². The number of halogens is 1. The second-order valence-corrected chi connectivity index (χ2v) is 5.67. The summed E-state index contributed by atoms with van der Waals surface area (Å²) in [7, 11) is 0. The molecule has 2 rings (SSSR count). The molecule has 1 saturated carbocycles. The highest BCUT2D eigenvalue weighted by Gasteiger charge is 2.24. The van der Waals surface area contributed by atoms with Crippen LogP contribution in [0.3, 0.4) is 0 Å². The number of carbonyl (C=O) groups is 1. The number of aliphatic hydroxyl groups is 1. The van der Waals surface area contributed by atoms with Crippen LogP contribution < -0.4 is 4.74 Å². The summed E-state index contributed by atoms with van der Waals surface area (Å²) in [5.74, 6) is -0.391. The molecule has 19 heavy (non-hydrogen) atoms. The molecule has 0 amide bonds. The Bertz CT molecular complexity index is 461. The van der Waals surface area contributed by atoms with Gasteiger partial charge in [0.15, 0.2) is 0 Å². The Morgan fingerprint density at radius 3 is 2.68 bits per heavy atom. The third kappa shape index (κ3) is 3.70. The third-order valence-electron chi connectivity index (χ3n) is 3.37. The van der Waals surface area contributed by atoms with Crippen LogP contribution >= 0.6 is 15.9 Å². The van der Waals surface area contributed by atoms with Gasteiger partial charge in [0.25, 0.3) is 0 Å². The van der Waals surface area contributed by atoms with E-state index in [0.29, 0.717) is 10.2 Å². The van der Waals surface area contributed by atoms with Crippen molar-refractivity contribution in [2.45, 2.75) is 44.3 Å². The molecule has 0 heterocycles. The number of carboxylic acid groups (broad SMARTS) is 1. The molecule has 4 nitrogen and oxygen atoms in total. The van der Waals surface area contributed by atoms with Crippen LogP contribution in [0.1, 0.15) is 42.5 Å². The van der Waals surface area contributed by atoms with Gasteiger partial charge < -0.3 is 14.9 Å². The fourth-order valence-electron chi connectivity index (χ4n) is 2.28. The van der Waals surface area contributed by atoms with Crippen LogP contribution in [0.15, 0.2) is 22.7 Å². The average molecular weight is 329 g/mol. The van der Waals surface area contributed by atoms with E-state index in [1.165, 1.54) is 12.1 Å². The van der Waals surface area contributed by atoms with Crippen molar-refractivity contribution in [1.82, 2.24) is 0 Å². The number of rotatable bonds is 3. The van der Waals surface area contributed by atoms with Crippen LogP contribution in [0.2, 0.25) is 0 Å². The van der Waals surface area contributed by atoms with E-state index in [4.69, 9.17) is 9.84 Å². The van der Waals surface area contributed by atoms with E-state index in [1.807, 2.05) is 0 Å². The molecule has 1 aliphatic rings. The Hall–Kier alpha value is -1.07. The van der Waals surface area contributed by atoms with E-state index in [2.05, 4.69) is 15.9 Å². The Balaban J connectivity index is 2.11. The Labute approximate surface area is 120 Å². The van der Waals surface area contributed by atoms with Gasteiger partial charge in [0.1, 0.15) is 11.9 Å². The zero-order valence-electron chi connectivity index (χ0n) is 10.5. The fourth-order valence-corrected chi connectivity index (χ4v) is 2.76. The summed E-state index contributed by atoms with van der Waals surface area (Å²) in [5, 5.41) is 18.9. The van der Waals surface area contributed by atoms with Crippen LogP contribution in [0.25, 0.3) is 0 Å². The number of ether oxygens (including phenoxy) is 1. The minimum Gasteiger partial charge on any atom is -0.487 e. The maximum atomic E-state index is 10.9.